The quantitative estimate of drug-likeness (QED) is 0.109. The molecule has 1 atom stereocenters. The van der Waals surface area contributed by atoms with Crippen LogP contribution in [0.3, 0.4) is 0 Å². The molecule has 7 nitrogen and oxygen atoms in total. The summed E-state index contributed by atoms with van der Waals surface area (Å²) in [6.07, 6.45) is 1.69. The maximum absolute atomic E-state index is 13.7. The SMILES string of the molecule is Cc1ccc2nc(NC(=O)C(C)Sc3cccc(NC(=O)/C(=C\c4cccc5ccccc45)NC(=O)c4ccccc4)c3)sc2c1. The molecule has 6 rings (SSSR count). The highest BCUT2D eigenvalue weighted by Gasteiger charge is 2.19. The number of fused-ring (bicyclic) bond motifs is 2. The number of benzene rings is 5. The van der Waals surface area contributed by atoms with Crippen molar-refractivity contribution in [3.63, 3.8) is 0 Å². The topological polar surface area (TPSA) is 100 Å². The van der Waals surface area contributed by atoms with E-state index in [1.807, 2.05) is 86.6 Å². The predicted octanol–water partition coefficient (Wildman–Crippen LogP) is 8.29. The van der Waals surface area contributed by atoms with E-state index in [4.69, 9.17) is 0 Å². The third-order valence-electron chi connectivity index (χ3n) is 7.20. The van der Waals surface area contributed by atoms with Crippen molar-refractivity contribution in [1.29, 1.82) is 0 Å². The Bertz CT molecular complexity index is 2100. The van der Waals surface area contributed by atoms with Crippen molar-refractivity contribution in [2.75, 3.05) is 10.6 Å². The number of nitrogens with zero attached hydrogens (tertiary/aromatic N) is 1. The second-order valence-corrected chi connectivity index (χ2v) is 13.1. The van der Waals surface area contributed by atoms with Crippen molar-refractivity contribution in [1.82, 2.24) is 10.3 Å². The first-order chi connectivity index (χ1) is 22.3. The standard InChI is InChI=1S/C37H30N4O3S2/c1-23-18-19-31-33(20-23)46-37(40-31)41-34(42)24(2)45-29-16-9-15-28(22-29)38-36(44)32(39-35(43)26-11-4-3-5-12-26)21-27-14-8-13-25-10-6-7-17-30(25)27/h3-22,24H,1-2H3,(H,38,44)(H,39,43)(H,40,41,42)/b32-21+. The molecule has 0 spiro atoms. The summed E-state index contributed by atoms with van der Waals surface area (Å²) in [5, 5.41) is 10.8. The maximum Gasteiger partial charge on any atom is 0.272 e. The summed E-state index contributed by atoms with van der Waals surface area (Å²) in [4.78, 5) is 45.2. The Balaban J connectivity index is 1.19. The highest BCUT2D eigenvalue weighted by atomic mass is 32.2. The lowest BCUT2D eigenvalue weighted by Crippen LogP contribution is -2.30. The number of aryl methyl sites for hydroxylation is 1. The van der Waals surface area contributed by atoms with E-state index < -0.39 is 17.1 Å². The molecule has 3 amide bonds. The van der Waals surface area contributed by atoms with Crippen LogP contribution in [0.1, 0.15) is 28.4 Å². The van der Waals surface area contributed by atoms with Gasteiger partial charge in [0.05, 0.1) is 15.5 Å². The third-order valence-corrected chi connectivity index (χ3v) is 9.23. The summed E-state index contributed by atoms with van der Waals surface area (Å²) in [5.41, 5.74) is 3.85. The largest absolute Gasteiger partial charge is 0.321 e. The fraction of sp³-hybridized carbons (Fsp3) is 0.0811. The number of carbonyl (C=O) groups is 3. The van der Waals surface area contributed by atoms with Crippen LogP contribution in [0.2, 0.25) is 0 Å². The van der Waals surface area contributed by atoms with Crippen LogP contribution in [0.4, 0.5) is 10.8 Å². The van der Waals surface area contributed by atoms with Gasteiger partial charge in [0.2, 0.25) is 5.91 Å². The minimum absolute atomic E-state index is 0.0991. The van der Waals surface area contributed by atoms with E-state index in [9.17, 15) is 14.4 Å². The van der Waals surface area contributed by atoms with Crippen LogP contribution >= 0.6 is 23.1 Å². The van der Waals surface area contributed by atoms with Crippen LogP contribution in [-0.2, 0) is 9.59 Å². The van der Waals surface area contributed by atoms with Gasteiger partial charge in [-0.25, -0.2) is 4.98 Å². The Morgan fingerprint density at radius 3 is 2.43 bits per heavy atom. The first kappa shape index (κ1) is 30.8. The van der Waals surface area contributed by atoms with Gasteiger partial charge in [-0.1, -0.05) is 84.1 Å². The van der Waals surface area contributed by atoms with E-state index in [2.05, 4.69) is 27.0 Å². The molecule has 0 aliphatic carbocycles. The fourth-order valence-electron chi connectivity index (χ4n) is 4.87. The summed E-state index contributed by atoms with van der Waals surface area (Å²) in [6.45, 7) is 3.85. The third kappa shape index (κ3) is 7.34. The van der Waals surface area contributed by atoms with E-state index in [-0.39, 0.29) is 11.6 Å². The normalized spacial score (nSPS) is 12.1. The molecule has 0 radical (unpaired) electrons. The molecule has 0 saturated heterocycles. The van der Waals surface area contributed by atoms with Crippen LogP contribution in [-0.4, -0.2) is 28.0 Å². The fourth-order valence-corrected chi connectivity index (χ4v) is 6.76. The van der Waals surface area contributed by atoms with Crippen molar-refractivity contribution in [3.8, 4) is 0 Å². The summed E-state index contributed by atoms with van der Waals surface area (Å²) in [7, 11) is 0. The van der Waals surface area contributed by atoms with Gasteiger partial charge in [0, 0.05) is 16.1 Å². The van der Waals surface area contributed by atoms with Crippen molar-refractivity contribution in [2.45, 2.75) is 24.0 Å². The Labute approximate surface area is 274 Å². The lowest BCUT2D eigenvalue weighted by Gasteiger charge is -2.14. The zero-order chi connectivity index (χ0) is 32.0. The van der Waals surface area contributed by atoms with Gasteiger partial charge < -0.3 is 16.0 Å². The highest BCUT2D eigenvalue weighted by molar-refractivity contribution is 8.00. The first-order valence-electron chi connectivity index (χ1n) is 14.6. The lowest BCUT2D eigenvalue weighted by atomic mass is 10.0. The average molecular weight is 643 g/mol. The number of hydrogen-bond acceptors (Lipinski definition) is 6. The molecular weight excluding hydrogens is 613 g/mol. The summed E-state index contributed by atoms with van der Waals surface area (Å²) in [5.74, 6) is -1.04. The zero-order valence-electron chi connectivity index (χ0n) is 25.1. The summed E-state index contributed by atoms with van der Waals surface area (Å²) >= 11 is 2.81. The Kier molecular flexibility index (Phi) is 9.23. The molecule has 3 N–H and O–H groups in total. The van der Waals surface area contributed by atoms with Crippen molar-refractivity contribution in [2.24, 2.45) is 0 Å². The maximum atomic E-state index is 13.7. The van der Waals surface area contributed by atoms with Crippen molar-refractivity contribution < 1.29 is 14.4 Å². The molecule has 5 aromatic carbocycles. The molecule has 1 unspecified atom stereocenters. The number of aromatic nitrogens is 1. The Morgan fingerprint density at radius 1 is 0.826 bits per heavy atom. The number of rotatable bonds is 9. The van der Waals surface area contributed by atoms with E-state index >= 15 is 0 Å². The second-order valence-electron chi connectivity index (χ2n) is 10.7. The van der Waals surface area contributed by atoms with Crippen LogP contribution in [0.25, 0.3) is 27.1 Å². The van der Waals surface area contributed by atoms with Crippen molar-refractivity contribution in [3.05, 3.63) is 138 Å². The van der Waals surface area contributed by atoms with Gasteiger partial charge in [0.1, 0.15) is 5.70 Å². The van der Waals surface area contributed by atoms with Crippen LogP contribution in [0.5, 0.6) is 0 Å². The van der Waals surface area contributed by atoms with E-state index in [1.165, 1.54) is 23.1 Å². The molecule has 6 aromatic rings. The average Bonchev–Trinajstić information content (AvgIpc) is 3.46. The molecule has 0 fully saturated rings. The minimum Gasteiger partial charge on any atom is -0.321 e. The number of carbonyl (C=O) groups excluding carboxylic acids is 3. The van der Waals surface area contributed by atoms with Gasteiger partial charge >= 0.3 is 0 Å². The molecule has 46 heavy (non-hydrogen) atoms. The molecule has 0 aliphatic rings. The van der Waals surface area contributed by atoms with Gasteiger partial charge in [-0.2, -0.15) is 0 Å². The number of nitrogens with one attached hydrogen (secondary N) is 3. The predicted molar refractivity (Wildman–Crippen MR) is 189 cm³/mol. The molecule has 1 heterocycles. The van der Waals surface area contributed by atoms with Gasteiger partial charge in [-0.15, -0.1) is 11.8 Å². The molecule has 9 heteroatoms. The summed E-state index contributed by atoms with van der Waals surface area (Å²) in [6, 6.07) is 35.7. The number of thiazole rings is 1. The Hall–Kier alpha value is -5.25. The smallest absolute Gasteiger partial charge is 0.272 e. The number of thioether (sulfide) groups is 1. The molecule has 228 valence electrons. The molecule has 0 bridgehead atoms. The molecule has 1 aromatic heterocycles. The Morgan fingerprint density at radius 2 is 1.59 bits per heavy atom. The highest BCUT2D eigenvalue weighted by Crippen LogP contribution is 2.30. The monoisotopic (exact) mass is 642 g/mol. The summed E-state index contributed by atoms with van der Waals surface area (Å²) < 4.78 is 1.02. The van der Waals surface area contributed by atoms with Gasteiger partial charge in [-0.3, -0.25) is 14.4 Å². The zero-order valence-corrected chi connectivity index (χ0v) is 26.7. The minimum atomic E-state index is -0.476. The second kappa shape index (κ2) is 13.8. The number of amides is 3. The van der Waals surface area contributed by atoms with E-state index in [1.54, 1.807) is 42.5 Å². The molecule has 0 aliphatic heterocycles. The van der Waals surface area contributed by atoms with Crippen LogP contribution in [0, 0.1) is 6.92 Å². The van der Waals surface area contributed by atoms with Gasteiger partial charge in [-0.05, 0) is 84.3 Å². The van der Waals surface area contributed by atoms with Crippen molar-refractivity contribution >= 4 is 78.7 Å². The molecule has 0 saturated carbocycles. The van der Waals surface area contributed by atoms with Gasteiger partial charge in [0.15, 0.2) is 5.13 Å². The van der Waals surface area contributed by atoms with E-state index in [0.717, 1.165) is 37.0 Å². The van der Waals surface area contributed by atoms with E-state index in [0.29, 0.717) is 16.4 Å². The lowest BCUT2D eigenvalue weighted by molar-refractivity contribution is -0.115. The van der Waals surface area contributed by atoms with Crippen LogP contribution < -0.4 is 16.0 Å². The van der Waals surface area contributed by atoms with Crippen LogP contribution in [0.15, 0.2) is 126 Å². The number of hydrogen-bond donors (Lipinski definition) is 3. The molecular formula is C37H30N4O3S2. The number of anilines is 2. The first-order valence-corrected chi connectivity index (χ1v) is 16.3. The van der Waals surface area contributed by atoms with Gasteiger partial charge in [0.25, 0.3) is 11.8 Å².